The molecule has 57 heavy (non-hydrogen) atoms. The molecule has 0 aliphatic rings. The number of carbonyl (C=O) groups excluding carboxylic acids is 1. The molecule has 3 atom stereocenters. The fourth-order valence-electron chi connectivity index (χ4n) is 7.03. The average molecular weight is 827 g/mol. The summed E-state index contributed by atoms with van der Waals surface area (Å²) in [5, 5.41) is 13.8. The molecule has 0 aliphatic heterocycles. The lowest BCUT2D eigenvalue weighted by molar-refractivity contribution is -0.870. The number of likely N-dealkylation sites (N-methyl/N-ethyl adjacent to an activating group) is 1. The van der Waals surface area contributed by atoms with E-state index in [-0.39, 0.29) is 19.1 Å². The fourth-order valence-corrected chi connectivity index (χ4v) is 7.75. The van der Waals surface area contributed by atoms with Gasteiger partial charge in [0.1, 0.15) is 13.2 Å². The first-order valence-corrected chi connectivity index (χ1v) is 25.7. The molecule has 338 valence electrons. The Morgan fingerprint density at radius 3 is 1.37 bits per heavy atom. The molecule has 0 aromatic carbocycles. The summed E-state index contributed by atoms with van der Waals surface area (Å²) >= 11 is 0. The zero-order valence-electron chi connectivity index (χ0n) is 38.3. The van der Waals surface area contributed by atoms with Crippen molar-refractivity contribution >= 4 is 13.7 Å². The van der Waals surface area contributed by atoms with Crippen LogP contribution in [0.3, 0.4) is 0 Å². The number of phosphoric acid groups is 1. The van der Waals surface area contributed by atoms with E-state index in [0.717, 1.165) is 38.5 Å². The number of hydrogen-bond acceptors (Lipinski definition) is 6. The Bertz CT molecular complexity index is 984. The van der Waals surface area contributed by atoms with E-state index in [1.54, 1.807) is 6.08 Å². The van der Waals surface area contributed by atoms with Crippen molar-refractivity contribution in [1.82, 2.24) is 5.32 Å². The Hall–Kier alpha value is -1.02. The summed E-state index contributed by atoms with van der Waals surface area (Å²) < 4.78 is 23.2. The van der Waals surface area contributed by atoms with Crippen molar-refractivity contribution < 1.29 is 32.9 Å². The smallest absolute Gasteiger partial charge is 0.268 e. The first kappa shape index (κ1) is 56.0. The fraction of sp³-hybridized carbons (Fsp3) is 0.896. The van der Waals surface area contributed by atoms with Gasteiger partial charge in [-0.3, -0.25) is 9.36 Å². The first-order chi connectivity index (χ1) is 27.5. The topological polar surface area (TPSA) is 108 Å². The number of rotatable bonds is 44. The van der Waals surface area contributed by atoms with Crippen molar-refractivity contribution in [2.45, 2.75) is 238 Å². The number of unbranched alkanes of at least 4 members (excludes halogenated alkanes) is 29. The number of quaternary nitrogens is 1. The van der Waals surface area contributed by atoms with E-state index >= 15 is 0 Å². The van der Waals surface area contributed by atoms with Crippen LogP contribution < -0.4 is 10.2 Å². The monoisotopic (exact) mass is 827 g/mol. The van der Waals surface area contributed by atoms with Gasteiger partial charge in [0, 0.05) is 6.42 Å². The van der Waals surface area contributed by atoms with Crippen LogP contribution >= 0.6 is 7.82 Å². The summed E-state index contributed by atoms with van der Waals surface area (Å²) in [7, 11) is 1.26. The number of allylic oxidation sites excluding steroid dienone is 3. The largest absolute Gasteiger partial charge is 0.756 e. The van der Waals surface area contributed by atoms with Crippen molar-refractivity contribution in [3.05, 3.63) is 24.3 Å². The van der Waals surface area contributed by atoms with E-state index in [9.17, 15) is 19.4 Å². The van der Waals surface area contributed by atoms with Gasteiger partial charge in [-0.05, 0) is 44.9 Å². The molecule has 2 N–H and O–H groups in total. The molecular weight excluding hydrogens is 732 g/mol. The molecular formula is C48H95N2O6P. The maximum absolute atomic E-state index is 12.9. The zero-order chi connectivity index (χ0) is 42.1. The van der Waals surface area contributed by atoms with E-state index in [2.05, 4.69) is 31.3 Å². The van der Waals surface area contributed by atoms with Crippen LogP contribution in [0.4, 0.5) is 0 Å². The molecule has 0 spiro atoms. The van der Waals surface area contributed by atoms with Gasteiger partial charge in [-0.1, -0.05) is 199 Å². The van der Waals surface area contributed by atoms with Crippen LogP contribution in [0.25, 0.3) is 0 Å². The number of nitrogens with zero attached hydrogens (tertiary/aromatic N) is 1. The summed E-state index contributed by atoms with van der Waals surface area (Å²) in [4.78, 5) is 25.3. The lowest BCUT2D eigenvalue weighted by Gasteiger charge is -2.29. The van der Waals surface area contributed by atoms with Gasteiger partial charge in [0.05, 0.1) is 39.9 Å². The molecule has 0 aromatic heterocycles. The number of aliphatic hydroxyl groups excluding tert-OH is 1. The number of amides is 1. The summed E-state index contributed by atoms with van der Waals surface area (Å²) in [5.74, 6) is -0.199. The van der Waals surface area contributed by atoms with Gasteiger partial charge in [-0.15, -0.1) is 0 Å². The summed E-state index contributed by atoms with van der Waals surface area (Å²) in [5.41, 5.74) is 0. The Morgan fingerprint density at radius 1 is 0.596 bits per heavy atom. The highest BCUT2D eigenvalue weighted by Gasteiger charge is 2.23. The number of hydrogen-bond donors (Lipinski definition) is 2. The van der Waals surface area contributed by atoms with Crippen LogP contribution in [0.15, 0.2) is 24.3 Å². The molecule has 8 nitrogen and oxygen atoms in total. The van der Waals surface area contributed by atoms with E-state index < -0.39 is 20.0 Å². The molecule has 1 amide bonds. The predicted molar refractivity (Wildman–Crippen MR) is 242 cm³/mol. The lowest BCUT2D eigenvalue weighted by Crippen LogP contribution is -2.45. The van der Waals surface area contributed by atoms with Gasteiger partial charge in [0.25, 0.3) is 7.82 Å². The minimum atomic E-state index is -4.59. The molecule has 0 aromatic rings. The lowest BCUT2D eigenvalue weighted by atomic mass is 10.0. The minimum absolute atomic E-state index is 0.000119. The number of phosphoric ester groups is 1. The van der Waals surface area contributed by atoms with Gasteiger partial charge in [-0.2, -0.15) is 0 Å². The second-order valence-corrected chi connectivity index (χ2v) is 19.2. The van der Waals surface area contributed by atoms with Crippen molar-refractivity contribution in [2.75, 3.05) is 40.9 Å². The highest BCUT2D eigenvalue weighted by Crippen LogP contribution is 2.38. The van der Waals surface area contributed by atoms with Gasteiger partial charge in [0.2, 0.25) is 5.91 Å². The standard InChI is InChI=1S/C48H95N2O6P/c1-6-8-10-12-14-16-18-20-22-23-24-25-26-27-28-30-32-34-36-38-40-42-48(52)49-46(45-56-57(53,54)55-44-43-50(3,4)5)47(51)41-39-37-35-33-31-29-21-19-17-15-13-11-9-7-2/h23-24,39,41,46-47,51H,6-22,25-38,40,42-45H2,1-5H3,(H-,49,52,53,54)/b24-23-,41-39+. The van der Waals surface area contributed by atoms with Crippen LogP contribution in [-0.2, 0) is 18.4 Å². The maximum Gasteiger partial charge on any atom is 0.268 e. The van der Waals surface area contributed by atoms with Crippen LogP contribution in [0.1, 0.15) is 226 Å². The second-order valence-electron chi connectivity index (χ2n) is 17.8. The molecule has 0 saturated carbocycles. The minimum Gasteiger partial charge on any atom is -0.756 e. The second kappa shape index (κ2) is 40.4. The molecule has 0 rings (SSSR count). The van der Waals surface area contributed by atoms with Crippen LogP contribution in [0.2, 0.25) is 0 Å². The average Bonchev–Trinajstić information content (AvgIpc) is 3.16. The van der Waals surface area contributed by atoms with Gasteiger partial charge >= 0.3 is 0 Å². The van der Waals surface area contributed by atoms with Crippen molar-refractivity contribution in [2.24, 2.45) is 0 Å². The van der Waals surface area contributed by atoms with Crippen molar-refractivity contribution in [3.8, 4) is 0 Å². The predicted octanol–water partition coefficient (Wildman–Crippen LogP) is 13.1. The van der Waals surface area contributed by atoms with Crippen molar-refractivity contribution in [3.63, 3.8) is 0 Å². The molecule has 0 aliphatic carbocycles. The van der Waals surface area contributed by atoms with E-state index in [1.165, 1.54) is 167 Å². The highest BCUT2D eigenvalue weighted by molar-refractivity contribution is 7.45. The summed E-state index contributed by atoms with van der Waals surface area (Å²) in [6.45, 7) is 4.65. The van der Waals surface area contributed by atoms with E-state index in [1.807, 2.05) is 27.2 Å². The zero-order valence-corrected chi connectivity index (χ0v) is 39.2. The number of aliphatic hydroxyl groups is 1. The SMILES string of the molecule is CCCCCCCCCC/C=C\CCCCCCCCCCCC(=O)NC(COP(=O)([O-])OCC[N+](C)(C)C)C(O)/C=C/CCCCCCCCCCCCCC. The van der Waals surface area contributed by atoms with E-state index in [4.69, 9.17) is 9.05 Å². The Morgan fingerprint density at radius 2 is 0.965 bits per heavy atom. The highest BCUT2D eigenvalue weighted by atomic mass is 31.2. The normalized spacial score (nSPS) is 14.4. The first-order valence-electron chi connectivity index (χ1n) is 24.2. The molecule has 0 saturated heterocycles. The summed E-state index contributed by atoms with van der Waals surface area (Å²) in [6, 6.07) is -0.884. The number of carbonyl (C=O) groups is 1. The molecule has 3 unspecified atom stereocenters. The Kier molecular flexibility index (Phi) is 39.7. The number of nitrogens with one attached hydrogen (secondary N) is 1. The van der Waals surface area contributed by atoms with Crippen LogP contribution in [0, 0.1) is 0 Å². The maximum atomic E-state index is 12.9. The molecule has 0 radical (unpaired) electrons. The summed E-state index contributed by atoms with van der Waals surface area (Å²) in [6.07, 6.45) is 47.9. The van der Waals surface area contributed by atoms with Crippen molar-refractivity contribution in [1.29, 1.82) is 0 Å². The Labute approximate surface area is 354 Å². The molecule has 9 heteroatoms. The van der Waals surface area contributed by atoms with E-state index in [0.29, 0.717) is 17.4 Å². The molecule has 0 heterocycles. The van der Waals surface area contributed by atoms with Gasteiger partial charge < -0.3 is 28.8 Å². The molecule has 0 bridgehead atoms. The molecule has 0 fully saturated rings. The van der Waals surface area contributed by atoms with Crippen LogP contribution in [-0.4, -0.2) is 68.5 Å². The third-order valence-electron chi connectivity index (χ3n) is 10.9. The third-order valence-corrected chi connectivity index (χ3v) is 11.9. The third kappa shape index (κ3) is 42.9. The van der Waals surface area contributed by atoms with Gasteiger partial charge in [0.15, 0.2) is 0 Å². The van der Waals surface area contributed by atoms with Gasteiger partial charge in [-0.25, -0.2) is 0 Å². The quantitative estimate of drug-likeness (QED) is 0.0274. The van der Waals surface area contributed by atoms with Crippen LogP contribution in [0.5, 0.6) is 0 Å². The Balaban J connectivity index is 4.31.